The summed E-state index contributed by atoms with van der Waals surface area (Å²) in [5.41, 5.74) is 1.70. The van der Waals surface area contributed by atoms with Gasteiger partial charge in [0.1, 0.15) is 12.0 Å². The van der Waals surface area contributed by atoms with Crippen LogP contribution in [-0.4, -0.2) is 10.8 Å². The van der Waals surface area contributed by atoms with Crippen LogP contribution in [0.3, 0.4) is 0 Å². The number of anilines is 2. The Kier molecular flexibility index (Phi) is 4.04. The molecule has 1 aliphatic heterocycles. The van der Waals surface area contributed by atoms with Crippen LogP contribution in [0.15, 0.2) is 72.8 Å². The van der Waals surface area contributed by atoms with E-state index in [4.69, 9.17) is 0 Å². The third-order valence-electron chi connectivity index (χ3n) is 4.46. The lowest BCUT2D eigenvalue weighted by Crippen LogP contribution is -2.43. The number of para-hydroxylation sites is 2. The van der Waals surface area contributed by atoms with E-state index in [1.165, 1.54) is 35.2 Å². The molecule has 27 heavy (non-hydrogen) atoms. The fourth-order valence-electron chi connectivity index (χ4n) is 3.22. The van der Waals surface area contributed by atoms with Crippen LogP contribution in [0, 0.1) is 15.9 Å². The van der Waals surface area contributed by atoms with Gasteiger partial charge in [-0.15, -0.1) is 0 Å². The molecule has 6 nitrogen and oxygen atoms in total. The van der Waals surface area contributed by atoms with Gasteiger partial charge in [-0.05, 0) is 42.5 Å². The number of amides is 1. The van der Waals surface area contributed by atoms with Crippen molar-refractivity contribution in [1.29, 1.82) is 0 Å². The van der Waals surface area contributed by atoms with Gasteiger partial charge < -0.3 is 5.32 Å². The Hall–Kier alpha value is -3.74. The van der Waals surface area contributed by atoms with Gasteiger partial charge in [-0.25, -0.2) is 4.39 Å². The van der Waals surface area contributed by atoms with Crippen molar-refractivity contribution in [1.82, 2.24) is 0 Å². The van der Waals surface area contributed by atoms with Crippen LogP contribution in [0.2, 0.25) is 0 Å². The predicted octanol–water partition coefficient (Wildman–Crippen LogP) is 4.51. The number of nitro groups is 1. The summed E-state index contributed by atoms with van der Waals surface area (Å²) in [5, 5.41) is 14.7. The van der Waals surface area contributed by atoms with Gasteiger partial charge >= 0.3 is 0 Å². The van der Waals surface area contributed by atoms with Gasteiger partial charge in [0, 0.05) is 17.4 Å². The summed E-state index contributed by atoms with van der Waals surface area (Å²) in [6, 6.07) is 18.6. The first kappa shape index (κ1) is 16.7. The second-order valence-corrected chi connectivity index (χ2v) is 6.06. The molecule has 0 aromatic heterocycles. The van der Waals surface area contributed by atoms with Crippen molar-refractivity contribution in [2.24, 2.45) is 0 Å². The van der Waals surface area contributed by atoms with Crippen molar-refractivity contribution in [2.75, 3.05) is 10.2 Å². The molecule has 4 rings (SSSR count). The monoisotopic (exact) mass is 363 g/mol. The van der Waals surface area contributed by atoms with Gasteiger partial charge in [-0.1, -0.05) is 24.3 Å². The maximum atomic E-state index is 13.4. The molecule has 1 heterocycles. The fourth-order valence-corrected chi connectivity index (χ4v) is 3.22. The number of carbonyl (C=O) groups is 1. The number of rotatable bonds is 3. The lowest BCUT2D eigenvalue weighted by atomic mass is 10.0. The third-order valence-corrected chi connectivity index (χ3v) is 4.46. The van der Waals surface area contributed by atoms with E-state index in [2.05, 4.69) is 5.32 Å². The van der Waals surface area contributed by atoms with Crippen LogP contribution in [0.4, 0.5) is 21.5 Å². The molecular weight excluding hydrogens is 349 g/mol. The number of nitrogens with one attached hydrogen (secondary N) is 1. The number of nitrogens with zero attached hydrogens (tertiary/aromatic N) is 2. The zero-order valence-corrected chi connectivity index (χ0v) is 14.0. The molecule has 0 aliphatic carbocycles. The van der Waals surface area contributed by atoms with Gasteiger partial charge in [0.25, 0.3) is 11.6 Å². The maximum Gasteiger partial charge on any atom is 0.276 e. The van der Waals surface area contributed by atoms with Crippen molar-refractivity contribution in [3.63, 3.8) is 0 Å². The van der Waals surface area contributed by atoms with Gasteiger partial charge in [-0.3, -0.25) is 19.8 Å². The second-order valence-electron chi connectivity index (χ2n) is 6.06. The molecule has 134 valence electrons. The molecule has 1 amide bonds. The number of hydrogen-bond acceptors (Lipinski definition) is 4. The number of halogens is 1. The Bertz CT molecular complexity index is 1040. The number of nitro benzene ring substituents is 1. The highest BCUT2D eigenvalue weighted by molar-refractivity contribution is 6.12. The zero-order valence-electron chi connectivity index (χ0n) is 14.0. The molecule has 0 spiro atoms. The molecule has 3 aromatic rings. The highest BCUT2D eigenvalue weighted by atomic mass is 19.1. The minimum absolute atomic E-state index is 0.103. The molecular formula is C20H14FN3O3. The minimum atomic E-state index is -0.806. The summed E-state index contributed by atoms with van der Waals surface area (Å²) in [7, 11) is 0. The number of benzene rings is 3. The normalized spacial score (nSPS) is 15.8. The molecule has 7 heteroatoms. The number of carbonyl (C=O) groups excluding carboxylic acids is 1. The third kappa shape index (κ3) is 2.89. The van der Waals surface area contributed by atoms with Crippen molar-refractivity contribution >= 4 is 23.0 Å². The summed E-state index contributed by atoms with van der Waals surface area (Å²) < 4.78 is 13.4. The number of fused-ring (bicyclic) bond motifs is 1. The molecule has 0 radical (unpaired) electrons. The van der Waals surface area contributed by atoms with E-state index in [0.717, 1.165) is 0 Å². The van der Waals surface area contributed by atoms with Crippen LogP contribution in [-0.2, 0) is 0 Å². The lowest BCUT2D eigenvalue weighted by molar-refractivity contribution is -0.385. The molecule has 0 bridgehead atoms. The first-order valence-electron chi connectivity index (χ1n) is 8.24. The Balaban J connectivity index is 1.91. The summed E-state index contributed by atoms with van der Waals surface area (Å²) >= 11 is 0. The SMILES string of the molecule is O=C1c2ccccc2N[C@H](c2ccccc2[N+](=O)[O-])N1c1ccc(F)cc1. The van der Waals surface area contributed by atoms with Gasteiger partial charge in [-0.2, -0.15) is 0 Å². The molecule has 3 aromatic carbocycles. The lowest BCUT2D eigenvalue weighted by Gasteiger charge is -2.37. The molecule has 0 unspecified atom stereocenters. The Labute approximate surface area is 154 Å². The van der Waals surface area contributed by atoms with Crippen LogP contribution in [0.1, 0.15) is 22.1 Å². The van der Waals surface area contributed by atoms with E-state index >= 15 is 0 Å². The summed E-state index contributed by atoms with van der Waals surface area (Å²) in [4.78, 5) is 25.6. The Morgan fingerprint density at radius 3 is 2.37 bits per heavy atom. The standard InChI is InChI=1S/C20H14FN3O3/c21-13-9-11-14(12-10-13)23-19(16-6-2-4-8-18(16)24(26)27)22-17-7-3-1-5-15(17)20(23)25/h1-12,19,22H/t19-/m0/s1. The van der Waals surface area contributed by atoms with Crippen LogP contribution in [0.25, 0.3) is 0 Å². The molecule has 0 fully saturated rings. The molecule has 1 N–H and O–H groups in total. The van der Waals surface area contributed by atoms with E-state index in [1.54, 1.807) is 42.5 Å². The van der Waals surface area contributed by atoms with Gasteiger partial charge in [0.2, 0.25) is 0 Å². The summed E-state index contributed by atoms with van der Waals surface area (Å²) in [6.07, 6.45) is -0.806. The summed E-state index contributed by atoms with van der Waals surface area (Å²) in [6.45, 7) is 0. The summed E-state index contributed by atoms with van der Waals surface area (Å²) in [5.74, 6) is -0.752. The molecule has 0 saturated heterocycles. The quantitative estimate of drug-likeness (QED) is 0.549. The van der Waals surface area contributed by atoms with E-state index in [0.29, 0.717) is 22.5 Å². The predicted molar refractivity (Wildman–Crippen MR) is 99.1 cm³/mol. The maximum absolute atomic E-state index is 13.4. The minimum Gasteiger partial charge on any atom is -0.360 e. The largest absolute Gasteiger partial charge is 0.360 e. The van der Waals surface area contributed by atoms with Crippen molar-refractivity contribution in [2.45, 2.75) is 6.17 Å². The van der Waals surface area contributed by atoms with E-state index in [1.807, 2.05) is 0 Å². The van der Waals surface area contributed by atoms with Crippen LogP contribution < -0.4 is 10.2 Å². The Morgan fingerprint density at radius 2 is 1.63 bits per heavy atom. The van der Waals surface area contributed by atoms with Crippen molar-refractivity contribution < 1.29 is 14.1 Å². The molecule has 0 saturated carbocycles. The fraction of sp³-hybridized carbons (Fsp3) is 0.0500. The van der Waals surface area contributed by atoms with Crippen molar-refractivity contribution in [3.8, 4) is 0 Å². The van der Waals surface area contributed by atoms with Gasteiger partial charge in [0.05, 0.1) is 16.1 Å². The second kappa shape index (κ2) is 6.53. The van der Waals surface area contributed by atoms with E-state index < -0.39 is 16.9 Å². The number of hydrogen-bond donors (Lipinski definition) is 1. The average molecular weight is 363 g/mol. The topological polar surface area (TPSA) is 75.5 Å². The zero-order chi connectivity index (χ0) is 19.0. The first-order valence-corrected chi connectivity index (χ1v) is 8.24. The van der Waals surface area contributed by atoms with E-state index in [-0.39, 0.29) is 11.6 Å². The smallest absolute Gasteiger partial charge is 0.276 e. The average Bonchev–Trinajstić information content (AvgIpc) is 2.69. The van der Waals surface area contributed by atoms with Crippen molar-refractivity contribution in [3.05, 3.63) is 99.9 Å². The highest BCUT2D eigenvalue weighted by Gasteiger charge is 2.37. The molecule has 1 atom stereocenters. The van der Waals surface area contributed by atoms with Crippen LogP contribution >= 0.6 is 0 Å². The highest BCUT2D eigenvalue weighted by Crippen LogP contribution is 2.39. The van der Waals surface area contributed by atoms with E-state index in [9.17, 15) is 19.3 Å². The Morgan fingerprint density at radius 1 is 0.963 bits per heavy atom. The van der Waals surface area contributed by atoms with Crippen LogP contribution in [0.5, 0.6) is 0 Å². The first-order chi connectivity index (χ1) is 13.1. The van der Waals surface area contributed by atoms with Gasteiger partial charge in [0.15, 0.2) is 0 Å². The molecule has 1 aliphatic rings.